The SMILES string of the molecule is CCCNc1cccc(-c2ccc(C(=O)OC(C)CC)cc2)c1. The highest BCUT2D eigenvalue weighted by atomic mass is 16.5. The monoisotopic (exact) mass is 311 g/mol. The Kier molecular flexibility index (Phi) is 6.21. The summed E-state index contributed by atoms with van der Waals surface area (Å²) in [5, 5.41) is 3.39. The first kappa shape index (κ1) is 17.1. The third-order valence-electron chi connectivity index (χ3n) is 3.78. The van der Waals surface area contributed by atoms with Gasteiger partial charge in [-0.25, -0.2) is 4.79 Å². The van der Waals surface area contributed by atoms with Gasteiger partial charge in [0, 0.05) is 12.2 Å². The molecule has 2 rings (SSSR count). The van der Waals surface area contributed by atoms with E-state index in [1.54, 1.807) is 0 Å². The molecule has 1 unspecified atom stereocenters. The number of carbonyl (C=O) groups is 1. The molecule has 122 valence electrons. The van der Waals surface area contributed by atoms with Crippen LogP contribution in [-0.4, -0.2) is 18.6 Å². The van der Waals surface area contributed by atoms with E-state index in [1.807, 2.05) is 44.2 Å². The molecule has 2 aromatic rings. The van der Waals surface area contributed by atoms with Crippen molar-refractivity contribution in [2.75, 3.05) is 11.9 Å². The van der Waals surface area contributed by atoms with E-state index in [-0.39, 0.29) is 12.1 Å². The predicted octanol–water partition coefficient (Wildman–Crippen LogP) is 5.13. The summed E-state index contributed by atoms with van der Waals surface area (Å²) in [5.41, 5.74) is 3.93. The number of benzene rings is 2. The average molecular weight is 311 g/mol. The van der Waals surface area contributed by atoms with Gasteiger partial charge in [-0.15, -0.1) is 0 Å². The minimum absolute atomic E-state index is 0.0523. The van der Waals surface area contributed by atoms with Crippen molar-refractivity contribution >= 4 is 11.7 Å². The zero-order valence-electron chi connectivity index (χ0n) is 14.1. The lowest BCUT2D eigenvalue weighted by Gasteiger charge is -2.11. The lowest BCUT2D eigenvalue weighted by molar-refractivity contribution is 0.0334. The number of anilines is 1. The maximum Gasteiger partial charge on any atom is 0.338 e. The Bertz CT molecular complexity index is 634. The standard InChI is InChI=1S/C20H25NO2/c1-4-13-21-19-8-6-7-18(14-19)16-9-11-17(12-10-16)20(22)23-15(3)5-2/h6-12,14-15,21H,4-5,13H2,1-3H3. The van der Waals surface area contributed by atoms with Crippen LogP contribution in [0.5, 0.6) is 0 Å². The van der Waals surface area contributed by atoms with E-state index in [4.69, 9.17) is 4.74 Å². The van der Waals surface area contributed by atoms with Gasteiger partial charge in [-0.2, -0.15) is 0 Å². The average Bonchev–Trinajstić information content (AvgIpc) is 2.60. The molecule has 0 amide bonds. The van der Waals surface area contributed by atoms with Crippen LogP contribution in [0.15, 0.2) is 48.5 Å². The zero-order chi connectivity index (χ0) is 16.7. The van der Waals surface area contributed by atoms with Gasteiger partial charge in [0.15, 0.2) is 0 Å². The topological polar surface area (TPSA) is 38.3 Å². The van der Waals surface area contributed by atoms with Gasteiger partial charge >= 0.3 is 5.97 Å². The van der Waals surface area contributed by atoms with Crippen LogP contribution in [0, 0.1) is 0 Å². The van der Waals surface area contributed by atoms with Crippen molar-refractivity contribution in [2.45, 2.75) is 39.7 Å². The summed E-state index contributed by atoms with van der Waals surface area (Å²) in [6, 6.07) is 15.9. The molecular weight excluding hydrogens is 286 g/mol. The van der Waals surface area contributed by atoms with Crippen molar-refractivity contribution in [1.29, 1.82) is 0 Å². The molecule has 0 aliphatic heterocycles. The largest absolute Gasteiger partial charge is 0.459 e. The number of hydrogen-bond acceptors (Lipinski definition) is 3. The first-order valence-corrected chi connectivity index (χ1v) is 8.29. The van der Waals surface area contributed by atoms with E-state index in [2.05, 4.69) is 30.4 Å². The fourth-order valence-corrected chi connectivity index (χ4v) is 2.21. The van der Waals surface area contributed by atoms with Crippen LogP contribution in [0.1, 0.15) is 44.0 Å². The van der Waals surface area contributed by atoms with Crippen molar-refractivity contribution in [3.63, 3.8) is 0 Å². The smallest absolute Gasteiger partial charge is 0.338 e. The summed E-state index contributed by atoms with van der Waals surface area (Å²) in [7, 11) is 0. The van der Waals surface area contributed by atoms with Crippen molar-refractivity contribution in [1.82, 2.24) is 0 Å². The molecule has 0 bridgehead atoms. The van der Waals surface area contributed by atoms with Crippen molar-refractivity contribution < 1.29 is 9.53 Å². The summed E-state index contributed by atoms with van der Waals surface area (Å²) in [6.45, 7) is 7.01. The predicted molar refractivity (Wildman–Crippen MR) is 95.8 cm³/mol. The van der Waals surface area contributed by atoms with E-state index in [0.29, 0.717) is 5.56 Å². The van der Waals surface area contributed by atoms with Gasteiger partial charge < -0.3 is 10.1 Å². The van der Waals surface area contributed by atoms with Crippen molar-refractivity contribution in [3.05, 3.63) is 54.1 Å². The van der Waals surface area contributed by atoms with Crippen LogP contribution < -0.4 is 5.32 Å². The molecular formula is C20H25NO2. The normalized spacial score (nSPS) is 11.8. The van der Waals surface area contributed by atoms with Crippen molar-refractivity contribution in [2.24, 2.45) is 0 Å². The minimum Gasteiger partial charge on any atom is -0.459 e. The Morgan fingerprint density at radius 3 is 2.48 bits per heavy atom. The van der Waals surface area contributed by atoms with Gasteiger partial charge in [-0.1, -0.05) is 38.1 Å². The molecule has 0 saturated heterocycles. The fourth-order valence-electron chi connectivity index (χ4n) is 2.21. The highest BCUT2D eigenvalue weighted by Crippen LogP contribution is 2.23. The second-order valence-corrected chi connectivity index (χ2v) is 5.71. The summed E-state index contributed by atoms with van der Waals surface area (Å²) in [5.74, 6) is -0.260. The maximum absolute atomic E-state index is 12.0. The van der Waals surface area contributed by atoms with E-state index in [9.17, 15) is 4.79 Å². The summed E-state index contributed by atoms with van der Waals surface area (Å²) >= 11 is 0. The number of ether oxygens (including phenoxy) is 1. The number of carbonyl (C=O) groups excluding carboxylic acids is 1. The van der Waals surface area contributed by atoms with Crippen molar-refractivity contribution in [3.8, 4) is 11.1 Å². The lowest BCUT2D eigenvalue weighted by atomic mass is 10.0. The van der Waals surface area contributed by atoms with Gasteiger partial charge in [-0.05, 0) is 55.2 Å². The van der Waals surface area contributed by atoms with Gasteiger partial charge in [0.1, 0.15) is 0 Å². The van der Waals surface area contributed by atoms with Crippen LogP contribution in [-0.2, 0) is 4.74 Å². The summed E-state index contributed by atoms with van der Waals surface area (Å²) in [4.78, 5) is 12.0. The molecule has 0 fully saturated rings. The Morgan fingerprint density at radius 2 is 1.83 bits per heavy atom. The van der Waals surface area contributed by atoms with Crippen LogP contribution in [0.25, 0.3) is 11.1 Å². The van der Waals surface area contributed by atoms with Gasteiger partial charge in [0.2, 0.25) is 0 Å². The summed E-state index contributed by atoms with van der Waals surface area (Å²) < 4.78 is 5.35. The Balaban J connectivity index is 2.11. The molecule has 0 aromatic heterocycles. The molecule has 1 N–H and O–H groups in total. The molecule has 0 saturated carbocycles. The fraction of sp³-hybridized carbons (Fsp3) is 0.350. The molecule has 3 heteroatoms. The van der Waals surface area contributed by atoms with Gasteiger partial charge in [-0.3, -0.25) is 0 Å². The number of rotatable bonds is 7. The molecule has 3 nitrogen and oxygen atoms in total. The maximum atomic E-state index is 12.0. The quantitative estimate of drug-likeness (QED) is 0.720. The van der Waals surface area contributed by atoms with E-state index in [1.165, 1.54) is 0 Å². The molecule has 0 spiro atoms. The van der Waals surface area contributed by atoms with Crippen LogP contribution in [0.3, 0.4) is 0 Å². The van der Waals surface area contributed by atoms with Gasteiger partial charge in [0.25, 0.3) is 0 Å². The number of nitrogens with one attached hydrogen (secondary N) is 1. The molecule has 0 heterocycles. The third-order valence-corrected chi connectivity index (χ3v) is 3.78. The van der Waals surface area contributed by atoms with E-state index >= 15 is 0 Å². The first-order valence-electron chi connectivity index (χ1n) is 8.29. The van der Waals surface area contributed by atoms with E-state index < -0.39 is 0 Å². The second-order valence-electron chi connectivity index (χ2n) is 5.71. The van der Waals surface area contributed by atoms with Crippen LogP contribution in [0.4, 0.5) is 5.69 Å². The summed E-state index contributed by atoms with van der Waals surface area (Å²) in [6.07, 6.45) is 1.86. The third kappa shape index (κ3) is 4.85. The lowest BCUT2D eigenvalue weighted by Crippen LogP contribution is -2.13. The van der Waals surface area contributed by atoms with Crippen LogP contribution >= 0.6 is 0 Å². The second kappa shape index (κ2) is 8.37. The first-order chi connectivity index (χ1) is 11.1. The minimum atomic E-state index is -0.260. The number of hydrogen-bond donors (Lipinski definition) is 1. The van der Waals surface area contributed by atoms with E-state index in [0.717, 1.165) is 36.2 Å². The number of esters is 1. The molecule has 2 aromatic carbocycles. The van der Waals surface area contributed by atoms with Crippen LogP contribution in [0.2, 0.25) is 0 Å². The molecule has 1 atom stereocenters. The highest BCUT2D eigenvalue weighted by Gasteiger charge is 2.10. The highest BCUT2D eigenvalue weighted by molar-refractivity contribution is 5.90. The Labute approximate surface area is 138 Å². The molecule has 0 aliphatic rings. The molecule has 23 heavy (non-hydrogen) atoms. The zero-order valence-corrected chi connectivity index (χ0v) is 14.1. The Morgan fingerprint density at radius 1 is 1.09 bits per heavy atom. The van der Waals surface area contributed by atoms with Gasteiger partial charge in [0.05, 0.1) is 11.7 Å². The molecule has 0 radical (unpaired) electrons. The molecule has 0 aliphatic carbocycles. The Hall–Kier alpha value is -2.29.